The van der Waals surface area contributed by atoms with E-state index in [9.17, 15) is 8.78 Å². The fraction of sp³-hybridized carbons (Fsp3) is 0.571. The van der Waals surface area contributed by atoms with Crippen molar-refractivity contribution in [3.63, 3.8) is 0 Å². The first kappa shape index (κ1) is 15.1. The Morgan fingerprint density at radius 1 is 1.33 bits per heavy atom. The van der Waals surface area contributed by atoms with E-state index in [0.29, 0.717) is 18.7 Å². The van der Waals surface area contributed by atoms with Gasteiger partial charge in [-0.25, -0.2) is 8.78 Å². The Morgan fingerprint density at radius 3 is 2.67 bits per heavy atom. The van der Waals surface area contributed by atoms with Crippen molar-refractivity contribution >= 4 is 0 Å². The average molecular weight is 257 g/mol. The van der Waals surface area contributed by atoms with Gasteiger partial charge in [0.15, 0.2) is 0 Å². The van der Waals surface area contributed by atoms with Crippen molar-refractivity contribution in [1.82, 2.24) is 5.32 Å². The van der Waals surface area contributed by atoms with Gasteiger partial charge < -0.3 is 10.1 Å². The minimum Gasteiger partial charge on any atom is -0.385 e. The van der Waals surface area contributed by atoms with E-state index in [4.69, 9.17) is 4.74 Å². The van der Waals surface area contributed by atoms with Crippen molar-refractivity contribution in [3.05, 3.63) is 35.4 Å². The van der Waals surface area contributed by atoms with Crippen LogP contribution in [0, 0.1) is 17.6 Å². The summed E-state index contributed by atoms with van der Waals surface area (Å²) in [5.41, 5.74) is 0.389. The molecule has 2 unspecified atom stereocenters. The molecule has 2 nitrogen and oxygen atoms in total. The fourth-order valence-electron chi connectivity index (χ4n) is 2.06. The summed E-state index contributed by atoms with van der Waals surface area (Å²) in [6, 6.07) is 3.40. The summed E-state index contributed by atoms with van der Waals surface area (Å²) < 4.78 is 32.1. The van der Waals surface area contributed by atoms with Gasteiger partial charge in [0.1, 0.15) is 11.6 Å². The second-order valence-electron chi connectivity index (χ2n) is 4.46. The van der Waals surface area contributed by atoms with Crippen LogP contribution in [0.2, 0.25) is 0 Å². The normalized spacial score (nSPS) is 14.5. The number of halogens is 2. The summed E-state index contributed by atoms with van der Waals surface area (Å²) in [7, 11) is 1.64. The number of benzene rings is 1. The zero-order chi connectivity index (χ0) is 13.5. The summed E-state index contributed by atoms with van der Waals surface area (Å²) in [4.78, 5) is 0. The van der Waals surface area contributed by atoms with E-state index in [-0.39, 0.29) is 17.8 Å². The molecule has 1 N–H and O–H groups in total. The molecule has 1 aromatic carbocycles. The molecule has 0 fully saturated rings. The van der Waals surface area contributed by atoms with Crippen molar-refractivity contribution in [2.75, 3.05) is 20.3 Å². The maximum atomic E-state index is 13.8. The molecule has 0 amide bonds. The number of hydrogen-bond acceptors (Lipinski definition) is 2. The molecule has 0 aromatic heterocycles. The van der Waals surface area contributed by atoms with Crippen LogP contribution in [0.4, 0.5) is 8.78 Å². The van der Waals surface area contributed by atoms with Gasteiger partial charge in [-0.05, 0) is 37.1 Å². The highest BCUT2D eigenvalue weighted by Crippen LogP contribution is 2.27. The molecule has 102 valence electrons. The van der Waals surface area contributed by atoms with Crippen LogP contribution in [0.25, 0.3) is 0 Å². The van der Waals surface area contributed by atoms with Crippen molar-refractivity contribution < 1.29 is 13.5 Å². The maximum absolute atomic E-state index is 13.8. The summed E-state index contributed by atoms with van der Waals surface area (Å²) in [6.07, 6.45) is 0.796. The lowest BCUT2D eigenvalue weighted by Crippen LogP contribution is -2.28. The van der Waals surface area contributed by atoms with Crippen molar-refractivity contribution in [1.29, 1.82) is 0 Å². The standard InChI is InChI=1S/C14H21F2NO/c1-4-17-14(10(2)7-8-18-3)12-9-11(15)5-6-13(12)16/h5-6,9-10,14,17H,4,7-8H2,1-3H3. The third kappa shape index (κ3) is 4.03. The monoisotopic (exact) mass is 257 g/mol. The van der Waals surface area contributed by atoms with Gasteiger partial charge in [-0.1, -0.05) is 13.8 Å². The van der Waals surface area contributed by atoms with Crippen molar-refractivity contribution in [2.24, 2.45) is 5.92 Å². The Bertz CT molecular complexity index is 371. The van der Waals surface area contributed by atoms with Crippen LogP contribution in [0.15, 0.2) is 18.2 Å². The van der Waals surface area contributed by atoms with Crippen LogP contribution in [0.5, 0.6) is 0 Å². The minimum absolute atomic E-state index is 0.168. The first-order valence-electron chi connectivity index (χ1n) is 6.27. The number of hydrogen-bond donors (Lipinski definition) is 1. The SMILES string of the molecule is CCNC(c1cc(F)ccc1F)C(C)CCOC. The summed E-state index contributed by atoms with van der Waals surface area (Å²) in [5, 5.41) is 3.21. The zero-order valence-electron chi connectivity index (χ0n) is 11.2. The van der Waals surface area contributed by atoms with Gasteiger partial charge in [0, 0.05) is 25.3 Å². The van der Waals surface area contributed by atoms with E-state index >= 15 is 0 Å². The van der Waals surface area contributed by atoms with Gasteiger partial charge in [-0.15, -0.1) is 0 Å². The number of nitrogens with one attached hydrogen (secondary N) is 1. The van der Waals surface area contributed by atoms with Gasteiger partial charge in [-0.3, -0.25) is 0 Å². The summed E-state index contributed by atoms with van der Waals surface area (Å²) >= 11 is 0. The van der Waals surface area contributed by atoms with Crippen molar-refractivity contribution in [2.45, 2.75) is 26.3 Å². The molecule has 18 heavy (non-hydrogen) atoms. The van der Waals surface area contributed by atoms with Crippen LogP contribution in [-0.4, -0.2) is 20.3 Å². The molecular weight excluding hydrogens is 236 g/mol. The lowest BCUT2D eigenvalue weighted by molar-refractivity contribution is 0.170. The lowest BCUT2D eigenvalue weighted by atomic mass is 9.91. The maximum Gasteiger partial charge on any atom is 0.128 e. The van der Waals surface area contributed by atoms with Crippen LogP contribution < -0.4 is 5.32 Å². The molecular formula is C14H21F2NO. The fourth-order valence-corrected chi connectivity index (χ4v) is 2.06. The van der Waals surface area contributed by atoms with Gasteiger partial charge in [0.05, 0.1) is 0 Å². The second kappa shape index (κ2) is 7.44. The van der Waals surface area contributed by atoms with Gasteiger partial charge in [0.2, 0.25) is 0 Å². The van der Waals surface area contributed by atoms with Gasteiger partial charge in [0.25, 0.3) is 0 Å². The number of ether oxygens (including phenoxy) is 1. The molecule has 0 saturated carbocycles. The molecule has 0 saturated heterocycles. The van der Waals surface area contributed by atoms with Crippen LogP contribution in [0.3, 0.4) is 0 Å². The third-order valence-electron chi connectivity index (χ3n) is 3.06. The molecule has 2 atom stereocenters. The highest BCUT2D eigenvalue weighted by Gasteiger charge is 2.21. The van der Waals surface area contributed by atoms with E-state index < -0.39 is 5.82 Å². The quantitative estimate of drug-likeness (QED) is 0.809. The molecule has 0 bridgehead atoms. The predicted molar refractivity (Wildman–Crippen MR) is 68.4 cm³/mol. The number of methoxy groups -OCH3 is 1. The Balaban J connectivity index is 2.92. The summed E-state index contributed by atoms with van der Waals surface area (Å²) in [6.45, 7) is 5.28. The Labute approximate surface area is 107 Å². The topological polar surface area (TPSA) is 21.3 Å². The van der Waals surface area contributed by atoms with E-state index in [1.807, 2.05) is 13.8 Å². The zero-order valence-corrected chi connectivity index (χ0v) is 11.2. The van der Waals surface area contributed by atoms with E-state index in [1.54, 1.807) is 7.11 Å². The molecule has 0 spiro atoms. The first-order chi connectivity index (χ1) is 8.60. The summed E-state index contributed by atoms with van der Waals surface area (Å²) in [5.74, 6) is -0.610. The number of rotatable bonds is 7. The molecule has 0 aliphatic heterocycles. The highest BCUT2D eigenvalue weighted by atomic mass is 19.1. The van der Waals surface area contributed by atoms with Gasteiger partial charge >= 0.3 is 0 Å². The molecule has 1 aromatic rings. The Morgan fingerprint density at radius 2 is 2.06 bits per heavy atom. The predicted octanol–water partition coefficient (Wildman–Crippen LogP) is 3.29. The van der Waals surface area contributed by atoms with E-state index in [0.717, 1.165) is 12.5 Å². The molecule has 0 heterocycles. The van der Waals surface area contributed by atoms with Gasteiger partial charge in [-0.2, -0.15) is 0 Å². The average Bonchev–Trinajstić information content (AvgIpc) is 2.36. The van der Waals surface area contributed by atoms with Crippen molar-refractivity contribution in [3.8, 4) is 0 Å². The second-order valence-corrected chi connectivity index (χ2v) is 4.46. The van der Waals surface area contributed by atoms with E-state index in [2.05, 4.69) is 5.32 Å². The Kier molecular flexibility index (Phi) is 6.22. The lowest BCUT2D eigenvalue weighted by Gasteiger charge is -2.25. The third-order valence-corrected chi connectivity index (χ3v) is 3.06. The highest BCUT2D eigenvalue weighted by molar-refractivity contribution is 5.23. The molecule has 1 rings (SSSR count). The van der Waals surface area contributed by atoms with E-state index in [1.165, 1.54) is 12.1 Å². The first-order valence-corrected chi connectivity index (χ1v) is 6.27. The van der Waals surface area contributed by atoms with Crippen LogP contribution in [0.1, 0.15) is 31.9 Å². The minimum atomic E-state index is -0.409. The smallest absolute Gasteiger partial charge is 0.128 e. The molecule has 0 aliphatic rings. The largest absolute Gasteiger partial charge is 0.385 e. The molecule has 0 radical (unpaired) electrons. The van der Waals surface area contributed by atoms with Crippen LogP contribution in [-0.2, 0) is 4.74 Å². The Hall–Kier alpha value is -1.00. The van der Waals surface area contributed by atoms with Crippen LogP contribution >= 0.6 is 0 Å². The molecule has 4 heteroatoms. The molecule has 0 aliphatic carbocycles.